The van der Waals surface area contributed by atoms with Crippen LogP contribution in [0.15, 0.2) is 48.5 Å². The molecule has 152 valence electrons. The quantitative estimate of drug-likeness (QED) is 0.827. The van der Waals surface area contributed by atoms with Gasteiger partial charge in [0.25, 0.3) is 5.91 Å². The Morgan fingerprint density at radius 1 is 1.17 bits per heavy atom. The monoisotopic (exact) mass is 392 g/mol. The molecule has 1 saturated heterocycles. The largest absolute Gasteiger partial charge is 0.493 e. The molecule has 0 radical (unpaired) electrons. The average Bonchev–Trinajstić information content (AvgIpc) is 2.75. The highest BCUT2D eigenvalue weighted by atomic mass is 16.5. The van der Waals surface area contributed by atoms with Gasteiger partial charge >= 0.3 is 0 Å². The van der Waals surface area contributed by atoms with Crippen LogP contribution in [0.2, 0.25) is 0 Å². The molecule has 0 unspecified atom stereocenters. The van der Waals surface area contributed by atoms with Gasteiger partial charge in [0.1, 0.15) is 5.75 Å². The van der Waals surface area contributed by atoms with Crippen LogP contribution in [-0.4, -0.2) is 35.9 Å². The van der Waals surface area contributed by atoms with Crippen LogP contribution in [0.4, 0.5) is 5.69 Å². The topological polar surface area (TPSA) is 58.6 Å². The highest BCUT2D eigenvalue weighted by molar-refractivity contribution is 6.01. The SMILES string of the molecule is CC[C@@H](C(=O)Nc1ccc2c(c1)C(=O)N1CCCC[C@@H]1CCO2)c1ccccc1. The molecule has 0 bridgehead atoms. The number of piperidine rings is 1. The number of amides is 2. The minimum atomic E-state index is -0.225. The first kappa shape index (κ1) is 19.5. The summed E-state index contributed by atoms with van der Waals surface area (Å²) in [7, 11) is 0. The number of hydrogen-bond donors (Lipinski definition) is 1. The lowest BCUT2D eigenvalue weighted by Gasteiger charge is -2.37. The van der Waals surface area contributed by atoms with E-state index in [9.17, 15) is 9.59 Å². The van der Waals surface area contributed by atoms with Crippen LogP contribution < -0.4 is 10.1 Å². The maximum absolute atomic E-state index is 13.2. The Balaban J connectivity index is 1.57. The van der Waals surface area contributed by atoms with Crippen molar-refractivity contribution in [3.63, 3.8) is 0 Å². The summed E-state index contributed by atoms with van der Waals surface area (Å²) in [6.07, 6.45) is 4.83. The fourth-order valence-corrected chi connectivity index (χ4v) is 4.42. The molecular formula is C24H28N2O3. The molecule has 2 aromatic carbocycles. The molecule has 0 spiro atoms. The summed E-state index contributed by atoms with van der Waals surface area (Å²) in [4.78, 5) is 28.1. The molecule has 2 aliphatic rings. The van der Waals surface area contributed by atoms with Crippen molar-refractivity contribution in [2.45, 2.75) is 51.0 Å². The standard InChI is InChI=1S/C24H28N2O3/c1-2-20(17-8-4-3-5-9-17)23(27)25-18-11-12-22-21(16-18)24(28)26-14-7-6-10-19(26)13-15-29-22/h3-5,8-9,11-12,16,19-20H,2,6-7,10,13-15H2,1H3,(H,25,27)/t19-,20-/m1/s1. The predicted octanol–water partition coefficient (Wildman–Crippen LogP) is 4.60. The zero-order chi connectivity index (χ0) is 20.2. The smallest absolute Gasteiger partial charge is 0.257 e. The number of carbonyl (C=O) groups excluding carboxylic acids is 2. The van der Waals surface area contributed by atoms with Gasteiger partial charge in [-0.3, -0.25) is 9.59 Å². The summed E-state index contributed by atoms with van der Waals surface area (Å²) in [6, 6.07) is 15.4. The highest BCUT2D eigenvalue weighted by Crippen LogP contribution is 2.31. The number of benzene rings is 2. The van der Waals surface area contributed by atoms with E-state index >= 15 is 0 Å². The third kappa shape index (κ3) is 4.14. The number of nitrogens with one attached hydrogen (secondary N) is 1. The van der Waals surface area contributed by atoms with Gasteiger partial charge in [-0.1, -0.05) is 37.3 Å². The van der Waals surface area contributed by atoms with Crippen molar-refractivity contribution in [2.24, 2.45) is 0 Å². The second-order valence-electron chi connectivity index (χ2n) is 7.86. The van der Waals surface area contributed by atoms with E-state index in [-0.39, 0.29) is 23.8 Å². The Morgan fingerprint density at radius 2 is 2.00 bits per heavy atom. The van der Waals surface area contributed by atoms with Crippen LogP contribution in [0.25, 0.3) is 0 Å². The third-order valence-corrected chi connectivity index (χ3v) is 6.00. The zero-order valence-corrected chi connectivity index (χ0v) is 16.9. The van der Waals surface area contributed by atoms with Crippen molar-refractivity contribution in [3.8, 4) is 5.75 Å². The van der Waals surface area contributed by atoms with Crippen LogP contribution in [0, 0.1) is 0 Å². The summed E-state index contributed by atoms with van der Waals surface area (Å²) < 4.78 is 5.89. The minimum absolute atomic E-state index is 0.00981. The second kappa shape index (κ2) is 8.68. The number of nitrogens with zero attached hydrogens (tertiary/aromatic N) is 1. The predicted molar refractivity (Wildman–Crippen MR) is 113 cm³/mol. The number of rotatable bonds is 4. The van der Waals surface area contributed by atoms with Gasteiger partial charge in [-0.25, -0.2) is 0 Å². The van der Waals surface area contributed by atoms with Crippen molar-refractivity contribution in [1.82, 2.24) is 4.90 Å². The van der Waals surface area contributed by atoms with Crippen LogP contribution in [0.5, 0.6) is 5.75 Å². The molecule has 1 fully saturated rings. The first-order valence-electron chi connectivity index (χ1n) is 10.6. The first-order chi connectivity index (χ1) is 14.2. The Bertz CT molecular complexity index is 881. The molecular weight excluding hydrogens is 364 g/mol. The van der Waals surface area contributed by atoms with Gasteiger partial charge in [0.2, 0.25) is 5.91 Å². The molecule has 2 atom stereocenters. The van der Waals surface area contributed by atoms with Crippen molar-refractivity contribution in [3.05, 3.63) is 59.7 Å². The Morgan fingerprint density at radius 3 is 2.79 bits per heavy atom. The highest BCUT2D eigenvalue weighted by Gasteiger charge is 2.31. The molecule has 0 aromatic heterocycles. The molecule has 2 amide bonds. The van der Waals surface area contributed by atoms with E-state index in [1.807, 2.05) is 48.2 Å². The fraction of sp³-hybridized carbons (Fsp3) is 0.417. The van der Waals surface area contributed by atoms with Crippen LogP contribution in [0.3, 0.4) is 0 Å². The summed E-state index contributed by atoms with van der Waals surface area (Å²) in [5, 5.41) is 3.00. The van der Waals surface area contributed by atoms with E-state index in [1.54, 1.807) is 12.1 Å². The van der Waals surface area contributed by atoms with Crippen molar-refractivity contribution in [2.75, 3.05) is 18.5 Å². The minimum Gasteiger partial charge on any atom is -0.493 e. The molecule has 29 heavy (non-hydrogen) atoms. The number of hydrogen-bond acceptors (Lipinski definition) is 3. The molecule has 4 rings (SSSR count). The normalized spacial score (nSPS) is 19.8. The van der Waals surface area contributed by atoms with Crippen LogP contribution >= 0.6 is 0 Å². The zero-order valence-electron chi connectivity index (χ0n) is 16.9. The van der Waals surface area contributed by atoms with Gasteiger partial charge in [0, 0.05) is 24.7 Å². The number of carbonyl (C=O) groups is 2. The average molecular weight is 392 g/mol. The van der Waals surface area contributed by atoms with Crippen molar-refractivity contribution >= 4 is 17.5 Å². The number of anilines is 1. The van der Waals surface area contributed by atoms with Gasteiger partial charge in [0.15, 0.2) is 0 Å². The van der Waals surface area contributed by atoms with E-state index in [2.05, 4.69) is 5.32 Å². The molecule has 5 heteroatoms. The lowest BCUT2D eigenvalue weighted by molar-refractivity contribution is -0.117. The maximum atomic E-state index is 13.2. The van der Waals surface area contributed by atoms with E-state index in [0.29, 0.717) is 30.0 Å². The Hall–Kier alpha value is -2.82. The lowest BCUT2D eigenvalue weighted by Crippen LogP contribution is -2.45. The van der Waals surface area contributed by atoms with Crippen molar-refractivity contribution in [1.29, 1.82) is 0 Å². The van der Waals surface area contributed by atoms with E-state index in [0.717, 1.165) is 37.8 Å². The summed E-state index contributed by atoms with van der Waals surface area (Å²) in [6.45, 7) is 3.41. The molecule has 5 nitrogen and oxygen atoms in total. The molecule has 1 N–H and O–H groups in total. The maximum Gasteiger partial charge on any atom is 0.257 e. The van der Waals surface area contributed by atoms with Crippen LogP contribution in [-0.2, 0) is 4.79 Å². The van der Waals surface area contributed by atoms with Gasteiger partial charge in [-0.2, -0.15) is 0 Å². The van der Waals surface area contributed by atoms with Crippen molar-refractivity contribution < 1.29 is 14.3 Å². The number of fused-ring (bicyclic) bond motifs is 2. The van der Waals surface area contributed by atoms with Gasteiger partial charge in [-0.05, 0) is 49.4 Å². The third-order valence-electron chi connectivity index (χ3n) is 6.00. The molecule has 2 heterocycles. The number of ether oxygens (including phenoxy) is 1. The van der Waals surface area contributed by atoms with E-state index in [1.165, 1.54) is 0 Å². The van der Waals surface area contributed by atoms with Crippen LogP contribution in [0.1, 0.15) is 60.9 Å². The van der Waals surface area contributed by atoms with Gasteiger partial charge in [0.05, 0.1) is 18.1 Å². The second-order valence-corrected chi connectivity index (χ2v) is 7.86. The van der Waals surface area contributed by atoms with Gasteiger partial charge < -0.3 is 15.0 Å². The summed E-state index contributed by atoms with van der Waals surface area (Å²) in [5.41, 5.74) is 2.17. The van der Waals surface area contributed by atoms with E-state index in [4.69, 9.17) is 4.74 Å². The van der Waals surface area contributed by atoms with E-state index < -0.39 is 0 Å². The van der Waals surface area contributed by atoms with Gasteiger partial charge in [-0.15, -0.1) is 0 Å². The fourth-order valence-electron chi connectivity index (χ4n) is 4.42. The lowest BCUT2D eigenvalue weighted by atomic mass is 9.95. The molecule has 2 aliphatic heterocycles. The Labute approximate surface area is 172 Å². The molecule has 2 aromatic rings. The Kier molecular flexibility index (Phi) is 5.84. The molecule has 0 aliphatic carbocycles. The summed E-state index contributed by atoms with van der Waals surface area (Å²) in [5.74, 6) is 0.327. The first-order valence-corrected chi connectivity index (χ1v) is 10.6. The summed E-state index contributed by atoms with van der Waals surface area (Å²) >= 11 is 0. The molecule has 0 saturated carbocycles.